The van der Waals surface area contributed by atoms with Gasteiger partial charge in [-0.25, -0.2) is 8.60 Å². The third-order valence-electron chi connectivity index (χ3n) is 0.931. The van der Waals surface area contributed by atoms with Crippen LogP contribution in [0.15, 0.2) is 0 Å². The zero-order valence-corrected chi connectivity index (χ0v) is 5.06. The molecule has 0 aromatic rings. The highest BCUT2D eigenvalue weighted by atomic mass is 35.7. The normalized spacial score (nSPS) is 29.4. The summed E-state index contributed by atoms with van der Waals surface area (Å²) in [6, 6.07) is 0. The molecule has 0 radical (unpaired) electrons. The largest absolute Gasteiger partial charge is 0.239 e. The van der Waals surface area contributed by atoms with Crippen molar-refractivity contribution in [2.24, 2.45) is 0 Å². The molecule has 0 amide bonds. The second kappa shape index (κ2) is 1.42. The van der Waals surface area contributed by atoms with Crippen LogP contribution in [0.25, 0.3) is 0 Å². The number of alkyl halides is 1. The zero-order chi connectivity index (χ0) is 5.49. The van der Waals surface area contributed by atoms with Crippen LogP contribution in [0.1, 0.15) is 12.8 Å². The summed E-state index contributed by atoms with van der Waals surface area (Å²) >= 11 is 0. The van der Waals surface area contributed by atoms with Gasteiger partial charge in [0.25, 0.3) is 0 Å². The van der Waals surface area contributed by atoms with Crippen molar-refractivity contribution in [3.8, 4) is 0 Å². The molecule has 7 heavy (non-hydrogen) atoms. The number of rotatable bonds is 1. The van der Waals surface area contributed by atoms with Crippen LogP contribution in [0.4, 0.5) is 4.39 Å². The summed E-state index contributed by atoms with van der Waals surface area (Å²) in [5.74, 6) is 0. The van der Waals surface area contributed by atoms with Crippen molar-refractivity contribution in [1.29, 1.82) is 0 Å². The standard InChI is InChI=1S/C3H4ClFOS/c4-7(6)3(5)1-2-3/h1-2H2. The first-order chi connectivity index (χ1) is 3.15. The van der Waals surface area contributed by atoms with Crippen LogP contribution in [0.2, 0.25) is 0 Å². The summed E-state index contributed by atoms with van der Waals surface area (Å²) in [5.41, 5.74) is 0. The highest BCUT2D eigenvalue weighted by Gasteiger charge is 2.49. The molecule has 1 fully saturated rings. The van der Waals surface area contributed by atoms with Crippen molar-refractivity contribution in [3.63, 3.8) is 0 Å². The van der Waals surface area contributed by atoms with E-state index in [-0.39, 0.29) is 0 Å². The molecule has 1 aliphatic carbocycles. The fraction of sp³-hybridized carbons (Fsp3) is 1.00. The van der Waals surface area contributed by atoms with Crippen molar-refractivity contribution >= 4 is 20.7 Å². The predicted octanol–water partition coefficient (Wildman–Crippen LogP) is 1.35. The van der Waals surface area contributed by atoms with Crippen molar-refractivity contribution in [1.82, 2.24) is 0 Å². The van der Waals surface area contributed by atoms with E-state index >= 15 is 0 Å². The van der Waals surface area contributed by atoms with E-state index < -0.39 is 15.0 Å². The lowest BCUT2D eigenvalue weighted by Crippen LogP contribution is -2.00. The highest BCUT2D eigenvalue weighted by Crippen LogP contribution is 2.44. The lowest BCUT2D eigenvalue weighted by atomic mass is 10.9. The molecule has 0 bridgehead atoms. The molecule has 1 saturated carbocycles. The Balaban J connectivity index is 2.55. The van der Waals surface area contributed by atoms with Crippen LogP contribution in [0.5, 0.6) is 0 Å². The van der Waals surface area contributed by atoms with Crippen LogP contribution in [-0.4, -0.2) is 9.21 Å². The summed E-state index contributed by atoms with van der Waals surface area (Å²) in [6.45, 7) is 0. The molecule has 4 heteroatoms. The van der Waals surface area contributed by atoms with E-state index in [0.29, 0.717) is 12.8 Å². The Hall–Kier alpha value is 0.370. The SMILES string of the molecule is O=S(Cl)C1(F)CC1. The van der Waals surface area contributed by atoms with Crippen molar-refractivity contribution in [2.45, 2.75) is 17.8 Å². The van der Waals surface area contributed by atoms with E-state index in [0.717, 1.165) is 0 Å². The van der Waals surface area contributed by atoms with Gasteiger partial charge in [0.05, 0.1) is 0 Å². The van der Waals surface area contributed by atoms with Gasteiger partial charge < -0.3 is 0 Å². The van der Waals surface area contributed by atoms with E-state index in [1.54, 1.807) is 0 Å². The van der Waals surface area contributed by atoms with Crippen molar-refractivity contribution in [3.05, 3.63) is 0 Å². The van der Waals surface area contributed by atoms with Gasteiger partial charge in [-0.3, -0.25) is 0 Å². The van der Waals surface area contributed by atoms with E-state index in [9.17, 15) is 8.60 Å². The Bertz CT molecular complexity index is 112. The Labute approximate surface area is 47.8 Å². The minimum Gasteiger partial charge on any atom is -0.239 e. The third-order valence-corrected chi connectivity index (χ3v) is 2.74. The van der Waals surface area contributed by atoms with Crippen LogP contribution in [0, 0.1) is 0 Å². The minimum atomic E-state index is -1.77. The quantitative estimate of drug-likeness (QED) is 0.505. The average molecular weight is 143 g/mol. The highest BCUT2D eigenvalue weighted by molar-refractivity contribution is 8.09. The maximum Gasteiger partial charge on any atom is 0.199 e. The van der Waals surface area contributed by atoms with Gasteiger partial charge in [-0.2, -0.15) is 0 Å². The van der Waals surface area contributed by atoms with Crippen molar-refractivity contribution in [2.75, 3.05) is 0 Å². The van der Waals surface area contributed by atoms with Gasteiger partial charge in [0.1, 0.15) is 0 Å². The maximum absolute atomic E-state index is 12.2. The second-order valence-electron chi connectivity index (χ2n) is 1.61. The molecule has 0 heterocycles. The first kappa shape index (κ1) is 5.51. The molecule has 0 N–H and O–H groups in total. The summed E-state index contributed by atoms with van der Waals surface area (Å²) in [5, 5.41) is -1.51. The van der Waals surface area contributed by atoms with Crippen LogP contribution < -0.4 is 0 Å². The summed E-state index contributed by atoms with van der Waals surface area (Å²) in [6.07, 6.45) is 0.728. The molecule has 0 aromatic heterocycles. The molecule has 1 nitrogen and oxygen atoms in total. The predicted molar refractivity (Wildman–Crippen MR) is 27.1 cm³/mol. The molecule has 1 aliphatic rings. The van der Waals surface area contributed by atoms with Crippen LogP contribution in [-0.2, 0) is 10.0 Å². The Morgan fingerprint density at radius 1 is 1.71 bits per heavy atom. The number of hydrogen-bond acceptors (Lipinski definition) is 1. The van der Waals surface area contributed by atoms with Gasteiger partial charge in [0.2, 0.25) is 0 Å². The molecule has 0 spiro atoms. The Morgan fingerprint density at radius 3 is 2.14 bits per heavy atom. The van der Waals surface area contributed by atoms with Gasteiger partial charge in [0.15, 0.2) is 15.0 Å². The Morgan fingerprint density at radius 2 is 2.14 bits per heavy atom. The fourth-order valence-corrected chi connectivity index (χ4v) is 1.14. The summed E-state index contributed by atoms with van der Waals surface area (Å²) in [4.78, 5) is 0. The molecule has 0 saturated heterocycles. The molecule has 0 aliphatic heterocycles. The maximum atomic E-state index is 12.2. The first-order valence-electron chi connectivity index (χ1n) is 1.92. The van der Waals surface area contributed by atoms with Gasteiger partial charge in [0, 0.05) is 0 Å². The molecular formula is C3H4ClFOS. The van der Waals surface area contributed by atoms with E-state index in [4.69, 9.17) is 10.7 Å². The second-order valence-corrected chi connectivity index (χ2v) is 3.63. The molecule has 0 aromatic carbocycles. The van der Waals surface area contributed by atoms with Gasteiger partial charge in [-0.1, -0.05) is 0 Å². The summed E-state index contributed by atoms with van der Waals surface area (Å²) < 4.78 is 22.2. The number of halogens is 2. The van der Waals surface area contributed by atoms with Crippen molar-refractivity contribution < 1.29 is 8.60 Å². The van der Waals surface area contributed by atoms with Gasteiger partial charge >= 0.3 is 0 Å². The first-order valence-corrected chi connectivity index (χ1v) is 3.90. The minimum absolute atomic E-state index is 0.364. The van der Waals surface area contributed by atoms with E-state index in [1.165, 1.54) is 0 Å². The molecule has 1 atom stereocenters. The average Bonchev–Trinajstić information content (AvgIpc) is 2.21. The molecular weight excluding hydrogens is 139 g/mol. The van der Waals surface area contributed by atoms with Gasteiger partial charge in [-0.05, 0) is 23.5 Å². The molecule has 1 rings (SSSR count). The smallest absolute Gasteiger partial charge is 0.199 e. The van der Waals surface area contributed by atoms with Crippen LogP contribution >= 0.6 is 10.7 Å². The zero-order valence-electron chi connectivity index (χ0n) is 3.49. The van der Waals surface area contributed by atoms with Gasteiger partial charge in [-0.15, -0.1) is 0 Å². The van der Waals surface area contributed by atoms with E-state index in [2.05, 4.69) is 0 Å². The fourth-order valence-electron chi connectivity index (χ4n) is 0.259. The molecule has 1 unspecified atom stereocenters. The molecule has 42 valence electrons. The van der Waals surface area contributed by atoms with E-state index in [1.807, 2.05) is 0 Å². The lowest BCUT2D eigenvalue weighted by molar-refractivity contribution is 0.427. The summed E-state index contributed by atoms with van der Waals surface area (Å²) in [7, 11) is 3.15. The van der Waals surface area contributed by atoms with Crippen LogP contribution in [0.3, 0.4) is 0 Å². The lowest BCUT2D eigenvalue weighted by Gasteiger charge is -1.90. The topological polar surface area (TPSA) is 17.1 Å². The monoisotopic (exact) mass is 142 g/mol. The number of hydrogen-bond donors (Lipinski definition) is 0. The third kappa shape index (κ3) is 0.941. The Kier molecular flexibility index (Phi) is 1.12.